The fourth-order valence-electron chi connectivity index (χ4n) is 3.77. The Morgan fingerprint density at radius 3 is 2.40 bits per heavy atom. The minimum Gasteiger partial charge on any atom is -0.369 e. The van der Waals surface area contributed by atoms with E-state index in [1.165, 1.54) is 16.8 Å². The highest BCUT2D eigenvalue weighted by Gasteiger charge is 2.17. The van der Waals surface area contributed by atoms with Gasteiger partial charge in [-0.25, -0.2) is 0 Å². The minimum absolute atomic E-state index is 0.0437. The fraction of sp³-hybridized carbons (Fsp3) is 0.280. The van der Waals surface area contributed by atoms with Gasteiger partial charge in [-0.1, -0.05) is 29.8 Å². The summed E-state index contributed by atoms with van der Waals surface area (Å²) in [5.41, 5.74) is 5.52. The number of piperazine rings is 1. The van der Waals surface area contributed by atoms with Gasteiger partial charge in [0.1, 0.15) is 0 Å². The van der Waals surface area contributed by atoms with Crippen LogP contribution in [-0.2, 0) is 13.1 Å². The Hall–Kier alpha value is -3.18. The third kappa shape index (κ3) is 5.24. The van der Waals surface area contributed by atoms with Crippen molar-refractivity contribution >= 4 is 11.6 Å². The van der Waals surface area contributed by atoms with Gasteiger partial charge in [-0.15, -0.1) is 0 Å². The van der Waals surface area contributed by atoms with Gasteiger partial charge in [0.2, 0.25) is 0 Å². The molecular formula is C25H28N4O. The molecule has 0 spiro atoms. The molecule has 4 rings (SSSR count). The van der Waals surface area contributed by atoms with Crippen LogP contribution in [0.15, 0.2) is 73.1 Å². The molecule has 2 aromatic carbocycles. The largest absolute Gasteiger partial charge is 0.369 e. The highest BCUT2D eigenvalue weighted by Crippen LogP contribution is 2.18. The fourth-order valence-corrected chi connectivity index (χ4v) is 3.77. The molecule has 30 heavy (non-hydrogen) atoms. The van der Waals surface area contributed by atoms with Crippen LogP contribution in [-0.4, -0.2) is 42.0 Å². The van der Waals surface area contributed by atoms with Gasteiger partial charge in [0.15, 0.2) is 0 Å². The van der Waals surface area contributed by atoms with E-state index in [0.717, 1.165) is 38.3 Å². The quantitative estimate of drug-likeness (QED) is 0.686. The number of benzene rings is 2. The molecule has 0 unspecified atom stereocenters. The lowest BCUT2D eigenvalue weighted by atomic mass is 10.1. The average molecular weight is 401 g/mol. The lowest BCUT2D eigenvalue weighted by Crippen LogP contribution is -2.46. The molecule has 1 fully saturated rings. The maximum Gasteiger partial charge on any atom is 0.251 e. The zero-order valence-electron chi connectivity index (χ0n) is 17.4. The van der Waals surface area contributed by atoms with Crippen LogP contribution in [0.3, 0.4) is 0 Å². The van der Waals surface area contributed by atoms with Crippen molar-refractivity contribution in [3.8, 4) is 0 Å². The molecule has 1 amide bonds. The first-order valence-electron chi connectivity index (χ1n) is 10.5. The van der Waals surface area contributed by atoms with E-state index in [9.17, 15) is 4.79 Å². The van der Waals surface area contributed by atoms with Crippen LogP contribution in [0, 0.1) is 6.92 Å². The molecular weight excluding hydrogens is 372 g/mol. The van der Waals surface area contributed by atoms with Crippen LogP contribution in [0.1, 0.15) is 27.0 Å². The van der Waals surface area contributed by atoms with Crippen molar-refractivity contribution in [1.82, 2.24) is 15.2 Å². The topological polar surface area (TPSA) is 48.5 Å². The summed E-state index contributed by atoms with van der Waals surface area (Å²) < 4.78 is 0. The second-order valence-corrected chi connectivity index (χ2v) is 7.84. The van der Waals surface area contributed by atoms with Gasteiger partial charge in [-0.05, 0) is 54.4 Å². The molecule has 1 saturated heterocycles. The van der Waals surface area contributed by atoms with Crippen LogP contribution in [0.4, 0.5) is 5.69 Å². The average Bonchev–Trinajstić information content (AvgIpc) is 2.79. The first-order chi connectivity index (χ1) is 14.7. The summed E-state index contributed by atoms with van der Waals surface area (Å²) >= 11 is 0. The standard InChI is InChI=1S/C25H28N4O/c1-20-5-7-24(8-6-20)29-15-13-28(14-16-29)19-22-3-2-4-23(17-22)25(30)27-18-21-9-11-26-12-10-21/h2-12,17H,13-16,18-19H2,1H3,(H,27,30). The zero-order chi connectivity index (χ0) is 20.8. The van der Waals surface area contributed by atoms with Gasteiger partial charge in [-0.3, -0.25) is 14.7 Å². The molecule has 1 N–H and O–H groups in total. The minimum atomic E-state index is -0.0437. The highest BCUT2D eigenvalue weighted by molar-refractivity contribution is 5.94. The lowest BCUT2D eigenvalue weighted by Gasteiger charge is -2.36. The monoisotopic (exact) mass is 400 g/mol. The second kappa shape index (κ2) is 9.55. The molecule has 5 nitrogen and oxygen atoms in total. The van der Waals surface area contributed by atoms with Crippen LogP contribution >= 0.6 is 0 Å². The van der Waals surface area contributed by atoms with E-state index in [2.05, 4.69) is 57.4 Å². The molecule has 0 radical (unpaired) electrons. The van der Waals surface area contributed by atoms with Gasteiger partial charge < -0.3 is 10.2 Å². The summed E-state index contributed by atoms with van der Waals surface area (Å²) in [6.07, 6.45) is 3.47. The Morgan fingerprint density at radius 1 is 0.933 bits per heavy atom. The van der Waals surface area contributed by atoms with Gasteiger partial charge in [0.25, 0.3) is 5.91 Å². The van der Waals surface area contributed by atoms with Gasteiger partial charge in [0, 0.05) is 62.9 Å². The van der Waals surface area contributed by atoms with E-state index in [1.807, 2.05) is 30.3 Å². The number of carbonyl (C=O) groups excluding carboxylic acids is 1. The number of aromatic nitrogens is 1. The summed E-state index contributed by atoms with van der Waals surface area (Å²) in [7, 11) is 0. The second-order valence-electron chi connectivity index (χ2n) is 7.84. The lowest BCUT2D eigenvalue weighted by molar-refractivity contribution is 0.0950. The number of pyridine rings is 1. The van der Waals surface area contributed by atoms with Crippen molar-refractivity contribution in [2.75, 3.05) is 31.1 Å². The van der Waals surface area contributed by atoms with Crippen LogP contribution in [0.5, 0.6) is 0 Å². The first kappa shape index (κ1) is 20.1. The molecule has 1 aliphatic heterocycles. The molecule has 0 atom stereocenters. The number of nitrogens with one attached hydrogen (secondary N) is 1. The van der Waals surface area contributed by atoms with Gasteiger partial charge >= 0.3 is 0 Å². The number of aryl methyl sites for hydroxylation is 1. The van der Waals surface area contributed by atoms with Crippen LogP contribution < -0.4 is 10.2 Å². The summed E-state index contributed by atoms with van der Waals surface area (Å²) in [6, 6.07) is 20.5. The number of nitrogens with zero attached hydrogens (tertiary/aromatic N) is 3. The Balaban J connectivity index is 1.30. The number of carbonyl (C=O) groups is 1. The number of hydrogen-bond acceptors (Lipinski definition) is 4. The molecule has 2 heterocycles. The predicted octanol–water partition coefficient (Wildman–Crippen LogP) is 3.64. The van der Waals surface area contributed by atoms with E-state index in [4.69, 9.17) is 0 Å². The molecule has 3 aromatic rings. The molecule has 0 saturated carbocycles. The number of rotatable bonds is 6. The number of hydrogen-bond donors (Lipinski definition) is 1. The third-order valence-electron chi connectivity index (χ3n) is 5.57. The third-order valence-corrected chi connectivity index (χ3v) is 5.57. The number of anilines is 1. The summed E-state index contributed by atoms with van der Waals surface area (Å²) in [4.78, 5) is 21.4. The van der Waals surface area contributed by atoms with Crippen LogP contribution in [0.2, 0.25) is 0 Å². The van der Waals surface area contributed by atoms with Crippen molar-refractivity contribution in [3.63, 3.8) is 0 Å². The number of amides is 1. The predicted molar refractivity (Wildman–Crippen MR) is 121 cm³/mol. The molecule has 0 aliphatic carbocycles. The Morgan fingerprint density at radius 2 is 1.67 bits per heavy atom. The van der Waals surface area contributed by atoms with Crippen LogP contribution in [0.25, 0.3) is 0 Å². The molecule has 0 bridgehead atoms. The zero-order valence-corrected chi connectivity index (χ0v) is 17.4. The summed E-state index contributed by atoms with van der Waals surface area (Å²) in [5, 5.41) is 2.99. The highest BCUT2D eigenvalue weighted by atomic mass is 16.1. The molecule has 1 aromatic heterocycles. The Kier molecular flexibility index (Phi) is 6.40. The van der Waals surface area contributed by atoms with E-state index >= 15 is 0 Å². The van der Waals surface area contributed by atoms with Crippen molar-refractivity contribution in [1.29, 1.82) is 0 Å². The van der Waals surface area contributed by atoms with E-state index in [-0.39, 0.29) is 5.91 Å². The van der Waals surface area contributed by atoms with Gasteiger partial charge in [0.05, 0.1) is 0 Å². The molecule has 154 valence electrons. The van der Waals surface area contributed by atoms with Crippen molar-refractivity contribution in [3.05, 3.63) is 95.3 Å². The maximum atomic E-state index is 12.5. The summed E-state index contributed by atoms with van der Waals surface area (Å²) in [6.45, 7) is 7.58. The van der Waals surface area contributed by atoms with Crippen molar-refractivity contribution in [2.24, 2.45) is 0 Å². The smallest absolute Gasteiger partial charge is 0.251 e. The Labute approximate surface area is 178 Å². The van der Waals surface area contributed by atoms with Crippen molar-refractivity contribution < 1.29 is 4.79 Å². The molecule has 5 heteroatoms. The Bertz CT molecular complexity index is 964. The van der Waals surface area contributed by atoms with E-state index < -0.39 is 0 Å². The van der Waals surface area contributed by atoms with E-state index in [1.54, 1.807) is 12.4 Å². The maximum absolute atomic E-state index is 12.5. The first-order valence-corrected chi connectivity index (χ1v) is 10.5. The van der Waals surface area contributed by atoms with Gasteiger partial charge in [-0.2, -0.15) is 0 Å². The van der Waals surface area contributed by atoms with E-state index in [0.29, 0.717) is 12.1 Å². The molecule has 1 aliphatic rings. The summed E-state index contributed by atoms with van der Waals surface area (Å²) in [5.74, 6) is -0.0437. The van der Waals surface area contributed by atoms with Crippen molar-refractivity contribution in [2.45, 2.75) is 20.0 Å². The normalized spacial score (nSPS) is 14.5. The SMILES string of the molecule is Cc1ccc(N2CCN(Cc3cccc(C(=O)NCc4ccncc4)c3)CC2)cc1.